The number of primary amides is 1. The summed E-state index contributed by atoms with van der Waals surface area (Å²) < 4.78 is 26.7. The molecule has 0 saturated carbocycles. The number of amides is 2. The van der Waals surface area contributed by atoms with Crippen molar-refractivity contribution < 1.29 is 18.0 Å². The Hall–Kier alpha value is -3.65. The molecule has 3 rings (SSSR count). The zero-order valence-electron chi connectivity index (χ0n) is 15.6. The summed E-state index contributed by atoms with van der Waals surface area (Å²) in [5.41, 5.74) is 6.35. The molecule has 0 aromatic heterocycles. The molecule has 0 aliphatic heterocycles. The van der Waals surface area contributed by atoms with Gasteiger partial charge in [-0.3, -0.25) is 13.9 Å². The number of benzene rings is 3. The fourth-order valence-electron chi connectivity index (χ4n) is 2.73. The van der Waals surface area contributed by atoms with Gasteiger partial charge < -0.3 is 11.1 Å². The Morgan fingerprint density at radius 3 is 2.24 bits per heavy atom. The molecule has 0 saturated heterocycles. The van der Waals surface area contributed by atoms with E-state index in [1.54, 1.807) is 54.6 Å². The number of hydrogen-bond acceptors (Lipinski definition) is 4. The maximum atomic E-state index is 12.8. The summed E-state index contributed by atoms with van der Waals surface area (Å²) in [6.45, 7) is 0. The van der Waals surface area contributed by atoms with E-state index in [2.05, 4.69) is 5.32 Å². The van der Waals surface area contributed by atoms with Gasteiger partial charge in [-0.25, -0.2) is 8.42 Å². The first-order valence-corrected chi connectivity index (χ1v) is 10.1. The molecule has 2 amide bonds. The largest absolute Gasteiger partial charge is 0.366 e. The molecule has 148 valence electrons. The van der Waals surface area contributed by atoms with Crippen molar-refractivity contribution in [2.24, 2.45) is 5.73 Å². The van der Waals surface area contributed by atoms with Crippen LogP contribution in [0.2, 0.25) is 0 Å². The highest BCUT2D eigenvalue weighted by Crippen LogP contribution is 2.23. The van der Waals surface area contributed by atoms with Gasteiger partial charge in [0.2, 0.25) is 0 Å². The fourth-order valence-corrected chi connectivity index (χ4v) is 3.94. The van der Waals surface area contributed by atoms with E-state index < -0.39 is 21.8 Å². The number of para-hydroxylation sites is 1. The lowest BCUT2D eigenvalue weighted by Gasteiger charge is -2.20. The zero-order valence-corrected chi connectivity index (χ0v) is 16.4. The van der Waals surface area contributed by atoms with Crippen LogP contribution in [0.15, 0.2) is 83.8 Å². The van der Waals surface area contributed by atoms with Crippen molar-refractivity contribution in [1.29, 1.82) is 0 Å². The summed E-state index contributed by atoms with van der Waals surface area (Å²) in [4.78, 5) is 24.3. The van der Waals surface area contributed by atoms with E-state index in [0.717, 1.165) is 4.31 Å². The second-order valence-electron chi connectivity index (χ2n) is 6.20. The van der Waals surface area contributed by atoms with Crippen LogP contribution in [0, 0.1) is 0 Å². The number of nitrogens with two attached hydrogens (primary N) is 1. The van der Waals surface area contributed by atoms with Crippen molar-refractivity contribution in [1.82, 2.24) is 0 Å². The molecule has 0 atom stereocenters. The summed E-state index contributed by atoms with van der Waals surface area (Å²) in [6, 6.07) is 20.6. The molecular weight excluding hydrogens is 390 g/mol. The van der Waals surface area contributed by atoms with Gasteiger partial charge in [0, 0.05) is 12.6 Å². The van der Waals surface area contributed by atoms with Gasteiger partial charge in [0.25, 0.3) is 21.8 Å². The SMILES string of the molecule is CN(c1cccc(C(=O)Nc2ccccc2C(N)=O)c1)S(=O)(=O)c1ccccc1. The highest BCUT2D eigenvalue weighted by atomic mass is 32.2. The first kappa shape index (κ1) is 20.1. The first-order chi connectivity index (χ1) is 13.8. The van der Waals surface area contributed by atoms with Crippen LogP contribution in [0.25, 0.3) is 0 Å². The lowest BCUT2D eigenvalue weighted by molar-refractivity contribution is 0.100. The van der Waals surface area contributed by atoms with Gasteiger partial charge in [0.1, 0.15) is 0 Å². The molecule has 3 aromatic carbocycles. The third-order valence-electron chi connectivity index (χ3n) is 4.31. The van der Waals surface area contributed by atoms with Gasteiger partial charge in [-0.1, -0.05) is 36.4 Å². The minimum absolute atomic E-state index is 0.146. The van der Waals surface area contributed by atoms with Crippen LogP contribution in [-0.4, -0.2) is 27.3 Å². The number of rotatable bonds is 6. The van der Waals surface area contributed by atoms with Crippen LogP contribution in [0.3, 0.4) is 0 Å². The van der Waals surface area contributed by atoms with E-state index >= 15 is 0 Å². The number of hydrogen-bond donors (Lipinski definition) is 2. The topological polar surface area (TPSA) is 110 Å². The standard InChI is InChI=1S/C21H19N3O4S/c1-24(29(27,28)17-10-3-2-4-11-17)16-9-7-8-15(14-16)21(26)23-19-13-6-5-12-18(19)20(22)25/h2-14H,1H3,(H2,22,25)(H,23,26). The molecule has 0 aliphatic carbocycles. The number of carbonyl (C=O) groups is 2. The van der Waals surface area contributed by atoms with Gasteiger partial charge in [-0.15, -0.1) is 0 Å². The van der Waals surface area contributed by atoms with E-state index in [1.807, 2.05) is 0 Å². The highest BCUT2D eigenvalue weighted by molar-refractivity contribution is 7.92. The molecule has 0 unspecified atom stereocenters. The Kier molecular flexibility index (Phi) is 5.65. The predicted octanol–water partition coefficient (Wildman–Crippen LogP) is 2.86. The van der Waals surface area contributed by atoms with Crippen molar-refractivity contribution in [3.63, 3.8) is 0 Å². The minimum atomic E-state index is -3.77. The number of anilines is 2. The van der Waals surface area contributed by atoms with Gasteiger partial charge in [0.05, 0.1) is 21.8 Å². The third-order valence-corrected chi connectivity index (χ3v) is 6.11. The smallest absolute Gasteiger partial charge is 0.264 e. The summed E-state index contributed by atoms with van der Waals surface area (Å²) in [5, 5.41) is 2.64. The van der Waals surface area contributed by atoms with Gasteiger partial charge >= 0.3 is 0 Å². The Morgan fingerprint density at radius 1 is 0.897 bits per heavy atom. The van der Waals surface area contributed by atoms with Crippen LogP contribution >= 0.6 is 0 Å². The van der Waals surface area contributed by atoms with Crippen LogP contribution in [-0.2, 0) is 10.0 Å². The lowest BCUT2D eigenvalue weighted by atomic mass is 10.1. The molecule has 0 heterocycles. The second-order valence-corrected chi connectivity index (χ2v) is 8.17. The maximum absolute atomic E-state index is 12.8. The number of sulfonamides is 1. The van der Waals surface area contributed by atoms with E-state index in [4.69, 9.17) is 5.73 Å². The molecule has 8 heteroatoms. The monoisotopic (exact) mass is 409 g/mol. The molecule has 0 radical (unpaired) electrons. The Balaban J connectivity index is 1.88. The van der Waals surface area contributed by atoms with E-state index in [-0.39, 0.29) is 21.7 Å². The molecule has 0 spiro atoms. The normalized spacial score (nSPS) is 10.9. The summed E-state index contributed by atoms with van der Waals surface area (Å²) >= 11 is 0. The maximum Gasteiger partial charge on any atom is 0.264 e. The van der Waals surface area contributed by atoms with Crippen LogP contribution in [0.4, 0.5) is 11.4 Å². The molecule has 0 fully saturated rings. The molecule has 29 heavy (non-hydrogen) atoms. The van der Waals surface area contributed by atoms with Crippen LogP contribution < -0.4 is 15.4 Å². The summed E-state index contributed by atoms with van der Waals surface area (Å²) in [5.74, 6) is -1.16. The molecule has 3 N–H and O–H groups in total. The molecule has 0 aliphatic rings. The Morgan fingerprint density at radius 2 is 1.55 bits per heavy atom. The van der Waals surface area contributed by atoms with Crippen LogP contribution in [0.1, 0.15) is 20.7 Å². The van der Waals surface area contributed by atoms with Crippen molar-refractivity contribution in [2.75, 3.05) is 16.7 Å². The van der Waals surface area contributed by atoms with Crippen molar-refractivity contribution in [3.8, 4) is 0 Å². The fraction of sp³-hybridized carbons (Fsp3) is 0.0476. The molecular formula is C21H19N3O4S. The predicted molar refractivity (Wildman–Crippen MR) is 111 cm³/mol. The molecule has 3 aromatic rings. The zero-order chi connectivity index (χ0) is 21.0. The van der Waals surface area contributed by atoms with Crippen molar-refractivity contribution in [3.05, 3.63) is 90.0 Å². The first-order valence-electron chi connectivity index (χ1n) is 8.65. The van der Waals surface area contributed by atoms with Gasteiger partial charge in [-0.2, -0.15) is 0 Å². The molecule has 7 nitrogen and oxygen atoms in total. The van der Waals surface area contributed by atoms with Gasteiger partial charge in [0.15, 0.2) is 0 Å². The second kappa shape index (κ2) is 8.15. The van der Waals surface area contributed by atoms with E-state index in [9.17, 15) is 18.0 Å². The van der Waals surface area contributed by atoms with Crippen LogP contribution in [0.5, 0.6) is 0 Å². The average Bonchev–Trinajstić information content (AvgIpc) is 2.74. The highest BCUT2D eigenvalue weighted by Gasteiger charge is 2.22. The third kappa shape index (κ3) is 4.27. The number of carbonyl (C=O) groups excluding carboxylic acids is 2. The summed E-state index contributed by atoms with van der Waals surface area (Å²) in [7, 11) is -2.35. The lowest BCUT2D eigenvalue weighted by Crippen LogP contribution is -2.27. The van der Waals surface area contributed by atoms with Gasteiger partial charge in [-0.05, 0) is 42.5 Å². The van der Waals surface area contributed by atoms with Crippen molar-refractivity contribution in [2.45, 2.75) is 4.90 Å². The summed E-state index contributed by atoms with van der Waals surface area (Å²) in [6.07, 6.45) is 0. The Labute approximate surface area is 168 Å². The minimum Gasteiger partial charge on any atom is -0.366 e. The van der Waals surface area contributed by atoms with Crippen molar-refractivity contribution >= 4 is 33.2 Å². The van der Waals surface area contributed by atoms with E-state index in [1.165, 1.54) is 31.3 Å². The average molecular weight is 409 g/mol. The number of nitrogens with one attached hydrogen (secondary N) is 1. The Bertz CT molecular complexity index is 1160. The molecule has 0 bridgehead atoms. The van der Waals surface area contributed by atoms with E-state index in [0.29, 0.717) is 5.69 Å². The quantitative estimate of drug-likeness (QED) is 0.652. The number of nitrogens with zero attached hydrogens (tertiary/aromatic N) is 1.